The van der Waals surface area contributed by atoms with Crippen LogP contribution in [0.15, 0.2) is 48.7 Å². The lowest BCUT2D eigenvalue weighted by Gasteiger charge is -2.28. The molecule has 0 unspecified atom stereocenters. The van der Waals surface area contributed by atoms with E-state index in [2.05, 4.69) is 17.1 Å². The molecule has 2 aliphatic rings. The van der Waals surface area contributed by atoms with Crippen LogP contribution in [0.25, 0.3) is 17.2 Å². The van der Waals surface area contributed by atoms with E-state index in [1.807, 2.05) is 32.3 Å². The van der Waals surface area contributed by atoms with E-state index in [1.165, 1.54) is 37.8 Å². The zero-order valence-electron chi connectivity index (χ0n) is 17.2. The van der Waals surface area contributed by atoms with Crippen molar-refractivity contribution in [3.8, 4) is 11.1 Å². The van der Waals surface area contributed by atoms with Gasteiger partial charge in [0, 0.05) is 31.8 Å². The van der Waals surface area contributed by atoms with Crippen LogP contribution in [0, 0.1) is 29.5 Å². The standard InChI is InChI=1S/C25H29FN2O/c1-28(2)25(29)24-15-18-6-3-4-9-22(18)23(24)13-12-21-11-10-19(16-27-21)17-7-5-8-20(26)14-17/h5,7-8,10-14,16,18,22-24H,3-4,6,9,15H2,1-2H3/t18-,22-,23+,24+/m1/s1. The fraction of sp³-hybridized carbons (Fsp3) is 0.440. The number of fused-ring (bicyclic) bond motifs is 1. The number of amides is 1. The molecule has 2 aliphatic carbocycles. The van der Waals surface area contributed by atoms with Crippen LogP contribution in [-0.4, -0.2) is 29.9 Å². The van der Waals surface area contributed by atoms with Crippen LogP contribution < -0.4 is 0 Å². The number of nitrogens with zero attached hydrogens (tertiary/aromatic N) is 2. The second kappa shape index (κ2) is 8.48. The summed E-state index contributed by atoms with van der Waals surface area (Å²) < 4.78 is 13.5. The summed E-state index contributed by atoms with van der Waals surface area (Å²) in [7, 11) is 3.72. The molecule has 0 radical (unpaired) electrons. The van der Waals surface area contributed by atoms with Crippen molar-refractivity contribution in [1.82, 2.24) is 9.88 Å². The van der Waals surface area contributed by atoms with Gasteiger partial charge in [-0.25, -0.2) is 4.39 Å². The van der Waals surface area contributed by atoms with Gasteiger partial charge >= 0.3 is 0 Å². The Hall–Kier alpha value is -2.49. The van der Waals surface area contributed by atoms with Gasteiger partial charge in [0.15, 0.2) is 0 Å². The van der Waals surface area contributed by atoms with Crippen molar-refractivity contribution in [1.29, 1.82) is 0 Å². The Balaban J connectivity index is 1.53. The van der Waals surface area contributed by atoms with Crippen LogP contribution in [0.3, 0.4) is 0 Å². The molecule has 0 bridgehead atoms. The average molecular weight is 393 g/mol. The molecule has 0 N–H and O–H groups in total. The first-order valence-corrected chi connectivity index (χ1v) is 10.6. The lowest BCUT2D eigenvalue weighted by Crippen LogP contribution is -2.32. The maximum absolute atomic E-state index is 13.5. The van der Waals surface area contributed by atoms with E-state index < -0.39 is 0 Å². The van der Waals surface area contributed by atoms with E-state index in [9.17, 15) is 9.18 Å². The van der Waals surface area contributed by atoms with Crippen molar-refractivity contribution >= 4 is 12.0 Å². The molecule has 4 atom stereocenters. The van der Waals surface area contributed by atoms with E-state index >= 15 is 0 Å². The van der Waals surface area contributed by atoms with Crippen molar-refractivity contribution < 1.29 is 9.18 Å². The molecule has 2 fully saturated rings. The third-order valence-corrected chi connectivity index (χ3v) is 6.68. The summed E-state index contributed by atoms with van der Waals surface area (Å²) in [6.45, 7) is 0. The Morgan fingerprint density at radius 1 is 1.14 bits per heavy atom. The van der Waals surface area contributed by atoms with E-state index in [0.717, 1.165) is 23.2 Å². The molecule has 152 valence electrons. The number of rotatable bonds is 4. The van der Waals surface area contributed by atoms with E-state index in [-0.39, 0.29) is 17.6 Å². The maximum atomic E-state index is 13.5. The molecule has 1 amide bonds. The molecule has 4 rings (SSSR count). The van der Waals surface area contributed by atoms with Gasteiger partial charge in [-0.3, -0.25) is 9.78 Å². The smallest absolute Gasteiger partial charge is 0.225 e. The minimum absolute atomic E-state index is 0.0842. The quantitative estimate of drug-likeness (QED) is 0.695. The molecule has 3 nitrogen and oxygen atoms in total. The number of aromatic nitrogens is 1. The fourth-order valence-electron chi connectivity index (χ4n) is 5.24. The van der Waals surface area contributed by atoms with Crippen molar-refractivity contribution in [2.45, 2.75) is 32.1 Å². The molecule has 1 aromatic heterocycles. The normalized spacial score (nSPS) is 26.4. The van der Waals surface area contributed by atoms with Gasteiger partial charge in [0.25, 0.3) is 0 Å². The summed E-state index contributed by atoms with van der Waals surface area (Å²) in [6.07, 6.45) is 12.1. The van der Waals surface area contributed by atoms with Crippen LogP contribution >= 0.6 is 0 Å². The van der Waals surface area contributed by atoms with Crippen LogP contribution in [0.5, 0.6) is 0 Å². The van der Waals surface area contributed by atoms with Gasteiger partial charge in [-0.05, 0) is 60.4 Å². The first kappa shape index (κ1) is 19.8. The van der Waals surface area contributed by atoms with Gasteiger partial charge in [0.2, 0.25) is 5.91 Å². The summed E-state index contributed by atoms with van der Waals surface area (Å²) in [5.41, 5.74) is 2.60. The van der Waals surface area contributed by atoms with Crippen molar-refractivity contribution in [2.24, 2.45) is 23.7 Å². The fourth-order valence-corrected chi connectivity index (χ4v) is 5.24. The lowest BCUT2D eigenvalue weighted by atomic mass is 9.77. The highest BCUT2D eigenvalue weighted by molar-refractivity contribution is 5.79. The summed E-state index contributed by atoms with van der Waals surface area (Å²) in [5.74, 6) is 1.67. The second-order valence-corrected chi connectivity index (χ2v) is 8.70. The third kappa shape index (κ3) is 4.26. The first-order chi connectivity index (χ1) is 14.0. The predicted octanol–water partition coefficient (Wildman–Crippen LogP) is 5.43. The Morgan fingerprint density at radius 2 is 1.97 bits per heavy atom. The SMILES string of the molecule is CN(C)C(=O)[C@H]1C[C@H]2CCCC[C@H]2[C@@H]1C=Cc1ccc(-c2cccc(F)c2)cn1. The Kier molecular flexibility index (Phi) is 5.79. The number of hydrogen-bond acceptors (Lipinski definition) is 2. The molecule has 2 saturated carbocycles. The number of halogens is 1. The zero-order valence-corrected chi connectivity index (χ0v) is 17.2. The minimum atomic E-state index is -0.244. The number of carbonyl (C=O) groups excluding carboxylic acids is 1. The van der Waals surface area contributed by atoms with Crippen molar-refractivity contribution in [2.75, 3.05) is 14.1 Å². The predicted molar refractivity (Wildman–Crippen MR) is 114 cm³/mol. The average Bonchev–Trinajstić information content (AvgIpc) is 3.10. The van der Waals surface area contributed by atoms with Gasteiger partial charge in [-0.1, -0.05) is 43.5 Å². The third-order valence-electron chi connectivity index (χ3n) is 6.68. The van der Waals surface area contributed by atoms with Gasteiger partial charge in [-0.15, -0.1) is 0 Å². The Labute approximate surface area is 172 Å². The summed E-state index contributed by atoms with van der Waals surface area (Å²) in [5, 5.41) is 0. The highest BCUT2D eigenvalue weighted by Gasteiger charge is 2.45. The molecule has 1 heterocycles. The number of allylic oxidation sites excluding steroid dienone is 1. The van der Waals surface area contributed by atoms with Crippen LogP contribution in [0.2, 0.25) is 0 Å². The summed E-state index contributed by atoms with van der Waals surface area (Å²) in [4.78, 5) is 19.1. The highest BCUT2D eigenvalue weighted by Crippen LogP contribution is 2.50. The van der Waals surface area contributed by atoms with Gasteiger partial charge in [-0.2, -0.15) is 0 Å². The van der Waals surface area contributed by atoms with E-state index in [4.69, 9.17) is 0 Å². The minimum Gasteiger partial charge on any atom is -0.349 e. The molecule has 0 aliphatic heterocycles. The van der Waals surface area contributed by atoms with Crippen LogP contribution in [-0.2, 0) is 4.79 Å². The summed E-state index contributed by atoms with van der Waals surface area (Å²) in [6, 6.07) is 10.5. The van der Waals surface area contributed by atoms with Gasteiger partial charge < -0.3 is 4.90 Å². The largest absolute Gasteiger partial charge is 0.349 e. The monoisotopic (exact) mass is 392 g/mol. The molecular formula is C25H29FN2O. The molecule has 2 aromatic rings. The van der Waals surface area contributed by atoms with Gasteiger partial charge in [0.1, 0.15) is 5.82 Å². The lowest BCUT2D eigenvalue weighted by molar-refractivity contribution is -0.133. The maximum Gasteiger partial charge on any atom is 0.225 e. The molecule has 4 heteroatoms. The van der Waals surface area contributed by atoms with Crippen LogP contribution in [0.4, 0.5) is 4.39 Å². The van der Waals surface area contributed by atoms with E-state index in [1.54, 1.807) is 17.2 Å². The topological polar surface area (TPSA) is 33.2 Å². The molecular weight excluding hydrogens is 363 g/mol. The highest BCUT2D eigenvalue weighted by atomic mass is 19.1. The number of benzene rings is 1. The van der Waals surface area contributed by atoms with Crippen LogP contribution in [0.1, 0.15) is 37.8 Å². The summed E-state index contributed by atoms with van der Waals surface area (Å²) >= 11 is 0. The Morgan fingerprint density at radius 3 is 2.69 bits per heavy atom. The molecule has 0 saturated heterocycles. The molecule has 0 spiro atoms. The van der Waals surface area contributed by atoms with Crippen molar-refractivity contribution in [3.63, 3.8) is 0 Å². The van der Waals surface area contributed by atoms with Gasteiger partial charge in [0.05, 0.1) is 5.69 Å². The van der Waals surface area contributed by atoms with E-state index in [0.29, 0.717) is 17.8 Å². The number of pyridine rings is 1. The molecule has 1 aromatic carbocycles. The second-order valence-electron chi connectivity index (χ2n) is 8.70. The number of carbonyl (C=O) groups is 1. The first-order valence-electron chi connectivity index (χ1n) is 10.6. The molecule has 29 heavy (non-hydrogen) atoms. The Bertz CT molecular complexity index is 890. The zero-order chi connectivity index (χ0) is 20.4. The number of hydrogen-bond donors (Lipinski definition) is 0. The van der Waals surface area contributed by atoms with Crippen molar-refractivity contribution in [3.05, 3.63) is 60.2 Å².